The predicted molar refractivity (Wildman–Crippen MR) is 165 cm³/mol. The molecule has 0 radical (unpaired) electrons. The van der Waals surface area contributed by atoms with E-state index in [9.17, 15) is 19.7 Å². The Balaban J connectivity index is 3.94. The van der Waals surface area contributed by atoms with Crippen molar-refractivity contribution in [1.29, 1.82) is 0 Å². The zero-order valence-corrected chi connectivity index (χ0v) is 27.8. The molecule has 0 rings (SSSR count). The van der Waals surface area contributed by atoms with Crippen LogP contribution in [-0.4, -0.2) is 85.3 Å². The van der Waals surface area contributed by atoms with E-state index < -0.39 is 25.8 Å². The van der Waals surface area contributed by atoms with E-state index in [2.05, 4.69) is 6.92 Å². The van der Waals surface area contributed by atoms with E-state index in [1.165, 1.54) is 89.9 Å². The Bertz CT molecular complexity index is 606. The predicted octanol–water partition coefficient (Wildman–Crippen LogP) is 7.38. The van der Waals surface area contributed by atoms with Crippen molar-refractivity contribution in [2.45, 2.75) is 154 Å². The third kappa shape index (κ3) is 21.6. The lowest BCUT2D eigenvalue weighted by Gasteiger charge is -2.39. The lowest BCUT2D eigenvalue weighted by Crippen LogP contribution is -2.50. The number of aliphatic hydroxyl groups is 2. The van der Waals surface area contributed by atoms with Gasteiger partial charge in [-0.1, -0.05) is 110 Å². The van der Waals surface area contributed by atoms with Gasteiger partial charge >= 0.3 is 7.60 Å². The number of ether oxygens (including phenoxy) is 2. The molecule has 0 heterocycles. The van der Waals surface area contributed by atoms with Crippen LogP contribution in [0.4, 0.5) is 0 Å². The summed E-state index contributed by atoms with van der Waals surface area (Å²) in [6.07, 6.45) is 20.9. The van der Waals surface area contributed by atoms with Crippen LogP contribution in [0.1, 0.15) is 136 Å². The fourth-order valence-corrected chi connectivity index (χ4v) is 7.23. The maximum absolute atomic E-state index is 13.2. The summed E-state index contributed by atoms with van der Waals surface area (Å²) in [6, 6.07) is 0. The Kier molecular flexibility index (Phi) is 25.4. The van der Waals surface area contributed by atoms with Gasteiger partial charge in [-0.3, -0.25) is 4.57 Å². The maximum Gasteiger partial charge on any atom is 0.385 e. The van der Waals surface area contributed by atoms with E-state index in [1.807, 2.05) is 21.0 Å². The van der Waals surface area contributed by atoms with Gasteiger partial charge in [-0.25, -0.2) is 0 Å². The van der Waals surface area contributed by atoms with Gasteiger partial charge in [-0.2, -0.15) is 0 Å². The molecule has 0 saturated carbocycles. The van der Waals surface area contributed by atoms with Crippen LogP contribution in [-0.2, 0) is 18.6 Å². The zero-order chi connectivity index (χ0) is 30.1. The fourth-order valence-electron chi connectivity index (χ4n) is 5.19. The van der Waals surface area contributed by atoms with E-state index in [0.717, 1.165) is 19.3 Å². The molecule has 0 aliphatic heterocycles. The molecule has 0 aromatic rings. The maximum atomic E-state index is 13.2. The van der Waals surface area contributed by atoms with Crippen molar-refractivity contribution in [1.82, 2.24) is 0 Å². The average molecular weight is 597 g/mol. The molecule has 2 unspecified atom stereocenters. The Morgan fingerprint density at radius 2 is 1.18 bits per heavy atom. The van der Waals surface area contributed by atoms with Gasteiger partial charge in [0.1, 0.15) is 6.10 Å². The number of hydrogen-bond acceptors (Lipinski definition) is 6. The van der Waals surface area contributed by atoms with Crippen molar-refractivity contribution < 1.29 is 38.2 Å². The number of hydrogen-bond donors (Lipinski definition) is 3. The van der Waals surface area contributed by atoms with Gasteiger partial charge in [0.2, 0.25) is 0 Å². The van der Waals surface area contributed by atoms with Gasteiger partial charge in [0.15, 0.2) is 12.1 Å². The molecule has 0 aliphatic rings. The first-order chi connectivity index (χ1) is 19.1. The van der Waals surface area contributed by atoms with E-state index >= 15 is 0 Å². The Morgan fingerprint density at radius 3 is 1.60 bits per heavy atom. The number of rotatable bonds is 30. The lowest BCUT2D eigenvalue weighted by molar-refractivity contribution is -0.904. The molecule has 0 aromatic heterocycles. The molecule has 242 valence electrons. The van der Waals surface area contributed by atoms with Crippen LogP contribution in [0.25, 0.3) is 0 Å². The highest BCUT2D eigenvalue weighted by molar-refractivity contribution is 7.53. The topological polar surface area (TPSA) is 105 Å². The summed E-state index contributed by atoms with van der Waals surface area (Å²) < 4.78 is 30.1. The van der Waals surface area contributed by atoms with Gasteiger partial charge in [0, 0.05) is 26.6 Å². The average Bonchev–Trinajstić information content (AvgIpc) is 2.91. The first-order valence-corrected chi connectivity index (χ1v) is 18.0. The van der Waals surface area contributed by atoms with Crippen LogP contribution in [0, 0.1) is 0 Å². The van der Waals surface area contributed by atoms with E-state index in [0.29, 0.717) is 26.2 Å². The lowest BCUT2D eigenvalue weighted by atomic mass is 10.0. The SMILES string of the molecule is CCCCCCCCCCCCCCCCCCOC[C@H](COP(=O)(O)C(CCC)[N+](C)(C)CCC(O)O)OC. The molecule has 40 heavy (non-hydrogen) atoms. The van der Waals surface area contributed by atoms with Crippen molar-refractivity contribution in [2.75, 3.05) is 47.6 Å². The van der Waals surface area contributed by atoms with Crippen LogP contribution < -0.4 is 0 Å². The second-order valence-corrected chi connectivity index (χ2v) is 14.1. The molecule has 0 bridgehead atoms. The second-order valence-electron chi connectivity index (χ2n) is 12.1. The third-order valence-corrected chi connectivity index (χ3v) is 10.1. The van der Waals surface area contributed by atoms with Crippen molar-refractivity contribution in [3.05, 3.63) is 0 Å². The molecule has 0 fully saturated rings. The molecular weight excluding hydrogens is 529 g/mol. The van der Waals surface area contributed by atoms with E-state index in [1.54, 1.807) is 7.11 Å². The number of aliphatic hydroxyl groups excluding tert-OH is 1. The highest BCUT2D eigenvalue weighted by Gasteiger charge is 2.44. The summed E-state index contributed by atoms with van der Waals surface area (Å²) in [5.74, 6) is -0.653. The van der Waals surface area contributed by atoms with Crippen molar-refractivity contribution in [3.8, 4) is 0 Å². The minimum Gasteiger partial charge on any atom is -0.379 e. The highest BCUT2D eigenvalue weighted by atomic mass is 31.2. The Labute approximate surface area is 247 Å². The molecule has 0 aromatic carbocycles. The third-order valence-electron chi connectivity index (χ3n) is 7.92. The van der Waals surface area contributed by atoms with E-state index in [-0.39, 0.29) is 17.5 Å². The first-order valence-electron chi connectivity index (χ1n) is 16.4. The van der Waals surface area contributed by atoms with Gasteiger partial charge in [0.25, 0.3) is 0 Å². The van der Waals surface area contributed by atoms with E-state index in [4.69, 9.17) is 14.0 Å². The molecule has 0 saturated heterocycles. The largest absolute Gasteiger partial charge is 0.385 e. The number of unbranched alkanes of at least 4 members (excludes halogenated alkanes) is 15. The summed E-state index contributed by atoms with van der Waals surface area (Å²) >= 11 is 0. The van der Waals surface area contributed by atoms with Crippen molar-refractivity contribution >= 4 is 7.60 Å². The van der Waals surface area contributed by atoms with Gasteiger partial charge in [-0.05, 0) is 12.8 Å². The Hall–Kier alpha value is -0.0500. The van der Waals surface area contributed by atoms with Crippen LogP contribution in [0.2, 0.25) is 0 Å². The first kappa shape index (κ1) is 40.0. The monoisotopic (exact) mass is 596 g/mol. The fraction of sp³-hybridized carbons (Fsp3) is 1.00. The van der Waals surface area contributed by atoms with Crippen molar-refractivity contribution in [3.63, 3.8) is 0 Å². The summed E-state index contributed by atoms with van der Waals surface area (Å²) in [6.45, 7) is 5.54. The van der Waals surface area contributed by atoms with Crippen LogP contribution in [0.5, 0.6) is 0 Å². The molecule has 8 nitrogen and oxygen atoms in total. The minimum absolute atomic E-state index is 0.0218. The minimum atomic E-state index is -3.97. The summed E-state index contributed by atoms with van der Waals surface area (Å²) in [4.78, 5) is 10.8. The summed E-state index contributed by atoms with van der Waals surface area (Å²) in [5, 5.41) is 18.5. The quantitative estimate of drug-likeness (QED) is 0.0344. The van der Waals surface area contributed by atoms with Crippen LogP contribution >= 0.6 is 7.60 Å². The normalized spacial score (nSPS) is 15.4. The number of methoxy groups -OCH3 is 1. The van der Waals surface area contributed by atoms with Gasteiger partial charge in [0.05, 0.1) is 33.9 Å². The molecule has 0 aliphatic carbocycles. The molecule has 0 amide bonds. The summed E-state index contributed by atoms with van der Waals surface area (Å²) in [5.41, 5.74) is 0. The molecule has 0 spiro atoms. The molecule has 9 heteroatoms. The Morgan fingerprint density at radius 1 is 0.700 bits per heavy atom. The zero-order valence-electron chi connectivity index (χ0n) is 26.9. The standard InChI is InChI=1S/C31H66NO7P/c1-6-8-9-10-11-12-13-14-15-16-17-18-19-20-21-22-26-38-27-29(37-5)28-39-40(35,36)30(23-7-2)32(3,4)25-24-31(33)34/h29-31,33-34H,6-28H2,1-5H3/p+1/t29-,30?/m1/s1. The van der Waals surface area contributed by atoms with Gasteiger partial charge in [-0.15, -0.1) is 0 Å². The number of quaternary nitrogens is 1. The van der Waals surface area contributed by atoms with Gasteiger partial charge < -0.3 is 33.6 Å². The number of nitrogens with zero attached hydrogens (tertiary/aromatic N) is 1. The van der Waals surface area contributed by atoms with Crippen LogP contribution in [0.3, 0.4) is 0 Å². The summed E-state index contributed by atoms with van der Waals surface area (Å²) in [7, 11) is 1.23. The molecule has 3 N–H and O–H groups in total. The molecule has 3 atom stereocenters. The highest BCUT2D eigenvalue weighted by Crippen LogP contribution is 2.52. The smallest absolute Gasteiger partial charge is 0.379 e. The van der Waals surface area contributed by atoms with Crippen LogP contribution in [0.15, 0.2) is 0 Å². The second kappa shape index (κ2) is 25.4. The molecular formula is C31H67NO7P+. The van der Waals surface area contributed by atoms with Crippen molar-refractivity contribution in [2.24, 2.45) is 0 Å².